The summed E-state index contributed by atoms with van der Waals surface area (Å²) in [6.45, 7) is 1.92. The number of aryl methyl sites for hydroxylation is 1. The Hall–Kier alpha value is -2.53. The van der Waals surface area contributed by atoms with E-state index < -0.39 is 5.97 Å². The third-order valence-electron chi connectivity index (χ3n) is 4.27. The molecule has 0 spiro atoms. The van der Waals surface area contributed by atoms with Crippen LogP contribution in [0, 0.1) is 6.92 Å². The number of nitrogens with zero attached hydrogens (tertiary/aromatic N) is 1. The first kappa shape index (κ1) is 16.3. The van der Waals surface area contributed by atoms with Crippen LogP contribution in [-0.4, -0.2) is 29.0 Å². The standard InChI is InChI=1S/C18H17ClN2O3/c1-10-9-20-15(12(10)5-6-17(22)23)8-14-13-4-3-11(19)7-16(13)21(2)18(14)24/h3-4,7-9,20H,5-6H2,1-2H3,(H,22,23)/b14-8-. The van der Waals surface area contributed by atoms with Crippen molar-refractivity contribution in [3.8, 4) is 0 Å². The maximum absolute atomic E-state index is 12.6. The summed E-state index contributed by atoms with van der Waals surface area (Å²) in [7, 11) is 1.71. The molecule has 1 aliphatic heterocycles. The summed E-state index contributed by atoms with van der Waals surface area (Å²) in [5.41, 5.74) is 4.84. The van der Waals surface area contributed by atoms with E-state index in [2.05, 4.69) is 4.98 Å². The number of aliphatic carboxylic acids is 1. The minimum atomic E-state index is -0.842. The fourth-order valence-corrected chi connectivity index (χ4v) is 3.13. The summed E-state index contributed by atoms with van der Waals surface area (Å²) in [4.78, 5) is 28.1. The van der Waals surface area contributed by atoms with E-state index in [-0.39, 0.29) is 12.3 Å². The third kappa shape index (κ3) is 2.83. The lowest BCUT2D eigenvalue weighted by atomic mass is 10.0. The number of nitrogens with one attached hydrogen (secondary N) is 1. The summed E-state index contributed by atoms with van der Waals surface area (Å²) in [6.07, 6.45) is 4.09. The van der Waals surface area contributed by atoms with E-state index in [4.69, 9.17) is 16.7 Å². The lowest BCUT2D eigenvalue weighted by Crippen LogP contribution is -2.20. The van der Waals surface area contributed by atoms with Crippen LogP contribution in [0.1, 0.15) is 28.8 Å². The molecule has 0 unspecified atom stereocenters. The number of hydrogen-bond acceptors (Lipinski definition) is 2. The van der Waals surface area contributed by atoms with Gasteiger partial charge in [-0.2, -0.15) is 0 Å². The molecule has 0 saturated carbocycles. The minimum absolute atomic E-state index is 0.0505. The highest BCUT2D eigenvalue weighted by Gasteiger charge is 2.30. The van der Waals surface area contributed by atoms with Gasteiger partial charge in [-0.05, 0) is 42.7 Å². The van der Waals surface area contributed by atoms with Crippen molar-refractivity contribution in [3.63, 3.8) is 0 Å². The van der Waals surface area contributed by atoms with Crippen molar-refractivity contribution in [2.75, 3.05) is 11.9 Å². The third-order valence-corrected chi connectivity index (χ3v) is 4.50. The molecule has 3 rings (SSSR count). The monoisotopic (exact) mass is 344 g/mol. The molecule has 1 aliphatic rings. The molecule has 124 valence electrons. The van der Waals surface area contributed by atoms with E-state index >= 15 is 0 Å². The van der Waals surface area contributed by atoms with Gasteiger partial charge in [-0.3, -0.25) is 9.59 Å². The summed E-state index contributed by atoms with van der Waals surface area (Å²) in [5.74, 6) is -0.949. The number of rotatable bonds is 4. The first-order valence-corrected chi connectivity index (χ1v) is 7.94. The van der Waals surface area contributed by atoms with Crippen LogP contribution in [0.15, 0.2) is 24.4 Å². The number of benzene rings is 1. The quantitative estimate of drug-likeness (QED) is 0.833. The molecule has 1 amide bonds. The van der Waals surface area contributed by atoms with Gasteiger partial charge in [0.2, 0.25) is 0 Å². The van der Waals surface area contributed by atoms with Gasteiger partial charge < -0.3 is 15.0 Å². The molecule has 1 aromatic carbocycles. The van der Waals surface area contributed by atoms with Gasteiger partial charge in [0.1, 0.15) is 0 Å². The second-order valence-electron chi connectivity index (χ2n) is 5.84. The van der Waals surface area contributed by atoms with Crippen molar-refractivity contribution >= 4 is 40.8 Å². The van der Waals surface area contributed by atoms with E-state index in [1.165, 1.54) is 0 Å². The van der Waals surface area contributed by atoms with Gasteiger partial charge in [0.05, 0.1) is 11.3 Å². The molecule has 1 aromatic heterocycles. The Morgan fingerprint density at radius 3 is 2.88 bits per heavy atom. The summed E-state index contributed by atoms with van der Waals surface area (Å²) in [6, 6.07) is 5.35. The van der Waals surface area contributed by atoms with E-state index in [0.29, 0.717) is 17.0 Å². The number of carboxylic acid groups (broad SMARTS) is 1. The zero-order chi connectivity index (χ0) is 17.4. The fourth-order valence-electron chi connectivity index (χ4n) is 2.96. The van der Waals surface area contributed by atoms with Gasteiger partial charge in [-0.1, -0.05) is 17.7 Å². The van der Waals surface area contributed by atoms with Crippen LogP contribution in [0.3, 0.4) is 0 Å². The number of carbonyl (C=O) groups excluding carboxylic acids is 1. The highest BCUT2D eigenvalue weighted by molar-refractivity contribution is 6.37. The van der Waals surface area contributed by atoms with Gasteiger partial charge in [-0.15, -0.1) is 0 Å². The second kappa shape index (κ2) is 6.17. The zero-order valence-corrected chi connectivity index (χ0v) is 14.1. The summed E-state index contributed by atoms with van der Waals surface area (Å²) < 4.78 is 0. The Morgan fingerprint density at radius 1 is 1.42 bits per heavy atom. The lowest BCUT2D eigenvalue weighted by molar-refractivity contribution is -0.137. The van der Waals surface area contributed by atoms with Crippen LogP contribution in [-0.2, 0) is 16.0 Å². The Balaban J connectivity index is 2.04. The topological polar surface area (TPSA) is 73.4 Å². The maximum Gasteiger partial charge on any atom is 0.303 e. The largest absolute Gasteiger partial charge is 0.481 e. The molecule has 24 heavy (non-hydrogen) atoms. The van der Waals surface area contributed by atoms with Crippen molar-refractivity contribution in [1.82, 2.24) is 4.98 Å². The van der Waals surface area contributed by atoms with Gasteiger partial charge in [0, 0.05) is 35.9 Å². The molecule has 0 aliphatic carbocycles. The fraction of sp³-hybridized carbons (Fsp3) is 0.222. The SMILES string of the molecule is Cc1c[nH]c(/C=C2\C(=O)N(C)c3cc(Cl)ccc32)c1CCC(=O)O. The molecule has 6 heteroatoms. The normalized spacial score (nSPS) is 15.2. The number of carboxylic acids is 1. The van der Waals surface area contributed by atoms with E-state index in [0.717, 1.165) is 28.1 Å². The van der Waals surface area contributed by atoms with E-state index in [1.54, 1.807) is 30.2 Å². The first-order chi connectivity index (χ1) is 11.4. The number of carbonyl (C=O) groups is 2. The van der Waals surface area contributed by atoms with Crippen molar-refractivity contribution < 1.29 is 14.7 Å². The van der Waals surface area contributed by atoms with Crippen LogP contribution >= 0.6 is 11.6 Å². The number of anilines is 1. The molecule has 0 fully saturated rings. The van der Waals surface area contributed by atoms with Gasteiger partial charge >= 0.3 is 5.97 Å². The molecule has 0 bridgehead atoms. The Bertz CT molecular complexity index is 867. The molecule has 5 nitrogen and oxygen atoms in total. The van der Waals surface area contributed by atoms with Gasteiger partial charge in [0.15, 0.2) is 0 Å². The van der Waals surface area contributed by atoms with Crippen molar-refractivity contribution in [2.45, 2.75) is 19.8 Å². The maximum atomic E-state index is 12.6. The average molecular weight is 345 g/mol. The number of fused-ring (bicyclic) bond motifs is 1. The van der Waals surface area contributed by atoms with Crippen molar-refractivity contribution in [2.24, 2.45) is 0 Å². The predicted octanol–water partition coefficient (Wildman–Crippen LogP) is 3.51. The van der Waals surface area contributed by atoms with Crippen LogP contribution in [0.5, 0.6) is 0 Å². The van der Waals surface area contributed by atoms with Crippen LogP contribution in [0.25, 0.3) is 11.6 Å². The van der Waals surface area contributed by atoms with Crippen molar-refractivity contribution in [1.29, 1.82) is 0 Å². The highest BCUT2D eigenvalue weighted by Crippen LogP contribution is 2.38. The molecule has 0 saturated heterocycles. The minimum Gasteiger partial charge on any atom is -0.481 e. The van der Waals surface area contributed by atoms with Crippen LogP contribution < -0.4 is 4.90 Å². The first-order valence-electron chi connectivity index (χ1n) is 7.57. The average Bonchev–Trinajstić information content (AvgIpc) is 2.99. The number of aromatic nitrogens is 1. The lowest BCUT2D eigenvalue weighted by Gasteiger charge is -2.08. The van der Waals surface area contributed by atoms with E-state index in [1.807, 2.05) is 19.2 Å². The Morgan fingerprint density at radius 2 is 2.17 bits per heavy atom. The van der Waals surface area contributed by atoms with E-state index in [9.17, 15) is 9.59 Å². The molecule has 0 radical (unpaired) electrons. The number of hydrogen-bond donors (Lipinski definition) is 2. The second-order valence-corrected chi connectivity index (χ2v) is 6.28. The number of H-pyrrole nitrogens is 1. The molecule has 0 atom stereocenters. The molecular formula is C18H17ClN2O3. The smallest absolute Gasteiger partial charge is 0.303 e. The highest BCUT2D eigenvalue weighted by atomic mass is 35.5. The van der Waals surface area contributed by atoms with Crippen molar-refractivity contribution in [3.05, 3.63) is 51.8 Å². The Kier molecular flexibility index (Phi) is 4.20. The number of halogens is 1. The van der Waals surface area contributed by atoms with Gasteiger partial charge in [0.25, 0.3) is 5.91 Å². The number of aromatic amines is 1. The molecule has 2 heterocycles. The molecule has 2 aromatic rings. The molecular weight excluding hydrogens is 328 g/mol. The summed E-state index contributed by atoms with van der Waals surface area (Å²) >= 11 is 6.02. The predicted molar refractivity (Wildman–Crippen MR) is 94.2 cm³/mol. The van der Waals surface area contributed by atoms with Crippen LogP contribution in [0.4, 0.5) is 5.69 Å². The zero-order valence-electron chi connectivity index (χ0n) is 13.4. The number of likely N-dealkylation sites (N-methyl/N-ethyl adjacent to an activating group) is 1. The van der Waals surface area contributed by atoms with Crippen LogP contribution in [0.2, 0.25) is 5.02 Å². The van der Waals surface area contributed by atoms with Gasteiger partial charge in [-0.25, -0.2) is 0 Å². The Labute approximate surface area is 144 Å². The number of amides is 1. The molecule has 2 N–H and O–H groups in total. The summed E-state index contributed by atoms with van der Waals surface area (Å²) in [5, 5.41) is 9.49.